The molecule has 0 atom stereocenters. The molecule has 104 valence electrons. The molecule has 1 aromatic rings. The van der Waals surface area contributed by atoms with Crippen molar-refractivity contribution < 1.29 is 14.3 Å². The van der Waals surface area contributed by atoms with Crippen LogP contribution in [0.2, 0.25) is 0 Å². The molecule has 1 amide bonds. The maximum Gasteiger partial charge on any atom is 0.315 e. The molecule has 6 heteroatoms. The fourth-order valence-electron chi connectivity index (χ4n) is 1.39. The van der Waals surface area contributed by atoms with Gasteiger partial charge in [-0.2, -0.15) is 0 Å². The summed E-state index contributed by atoms with van der Waals surface area (Å²) < 4.78 is 4.77. The molecule has 0 aliphatic heterocycles. The zero-order valence-corrected chi connectivity index (χ0v) is 11.9. The Balaban J connectivity index is 2.39. The number of hydrogen-bond acceptors (Lipinski definition) is 5. The predicted molar refractivity (Wildman–Crippen MR) is 78.2 cm³/mol. The van der Waals surface area contributed by atoms with Gasteiger partial charge in [0.2, 0.25) is 5.91 Å². The number of esters is 1. The molecule has 0 fully saturated rings. The Bertz CT molecular complexity index is 463. The van der Waals surface area contributed by atoms with E-state index in [-0.39, 0.29) is 23.4 Å². The molecule has 0 bridgehead atoms. The first kappa shape index (κ1) is 15.4. The smallest absolute Gasteiger partial charge is 0.315 e. The third kappa shape index (κ3) is 5.65. The van der Waals surface area contributed by atoms with Crippen molar-refractivity contribution >= 4 is 35.0 Å². The van der Waals surface area contributed by atoms with E-state index in [1.807, 2.05) is 13.0 Å². The molecule has 3 N–H and O–H groups in total. The third-order valence-electron chi connectivity index (χ3n) is 2.29. The number of nitrogens with two attached hydrogens (primary N) is 1. The number of nitrogen functional groups attached to an aromatic ring is 1. The highest BCUT2D eigenvalue weighted by atomic mass is 32.2. The predicted octanol–water partition coefficient (Wildman–Crippen LogP) is 1.81. The van der Waals surface area contributed by atoms with E-state index in [1.54, 1.807) is 19.1 Å². The molecule has 0 radical (unpaired) electrons. The van der Waals surface area contributed by atoms with E-state index in [4.69, 9.17) is 10.5 Å². The van der Waals surface area contributed by atoms with Gasteiger partial charge < -0.3 is 15.8 Å². The average molecular weight is 282 g/mol. The topological polar surface area (TPSA) is 81.4 Å². The zero-order chi connectivity index (χ0) is 14.3. The van der Waals surface area contributed by atoms with Gasteiger partial charge in [-0.05, 0) is 31.5 Å². The Labute approximate surface area is 116 Å². The summed E-state index contributed by atoms with van der Waals surface area (Å²) in [7, 11) is 0. The fourth-order valence-corrected chi connectivity index (χ4v) is 2.00. The lowest BCUT2D eigenvalue weighted by Gasteiger charge is -2.09. The molecular formula is C13H18N2O3S. The quantitative estimate of drug-likeness (QED) is 0.614. The number of ether oxygens (including phenoxy) is 1. The SMILES string of the molecule is CCOC(=O)CSCC(=O)Nc1cc(N)ccc1C. The van der Waals surface area contributed by atoms with Gasteiger partial charge in [0.1, 0.15) is 0 Å². The second-order valence-corrected chi connectivity index (χ2v) is 4.91. The number of nitrogens with one attached hydrogen (secondary N) is 1. The van der Waals surface area contributed by atoms with Crippen LogP contribution in [0, 0.1) is 6.92 Å². The summed E-state index contributed by atoms with van der Waals surface area (Å²) in [6.45, 7) is 3.99. The minimum Gasteiger partial charge on any atom is -0.465 e. The Hall–Kier alpha value is -1.69. The molecule has 0 heterocycles. The molecule has 0 aliphatic rings. The van der Waals surface area contributed by atoms with E-state index < -0.39 is 0 Å². The number of aryl methyl sites for hydroxylation is 1. The van der Waals surface area contributed by atoms with Crippen molar-refractivity contribution in [2.24, 2.45) is 0 Å². The van der Waals surface area contributed by atoms with Crippen molar-refractivity contribution in [3.63, 3.8) is 0 Å². The van der Waals surface area contributed by atoms with Gasteiger partial charge in [-0.15, -0.1) is 11.8 Å². The first-order valence-electron chi connectivity index (χ1n) is 5.92. The molecule has 1 rings (SSSR count). The number of carbonyl (C=O) groups excluding carboxylic acids is 2. The number of thioether (sulfide) groups is 1. The van der Waals surface area contributed by atoms with E-state index in [0.717, 1.165) is 5.56 Å². The van der Waals surface area contributed by atoms with Crippen LogP contribution in [-0.2, 0) is 14.3 Å². The Morgan fingerprint density at radius 1 is 1.37 bits per heavy atom. The maximum absolute atomic E-state index is 11.7. The normalized spacial score (nSPS) is 10.0. The van der Waals surface area contributed by atoms with Crippen molar-refractivity contribution in [1.29, 1.82) is 0 Å². The van der Waals surface area contributed by atoms with Crippen molar-refractivity contribution in [3.8, 4) is 0 Å². The van der Waals surface area contributed by atoms with E-state index in [1.165, 1.54) is 11.8 Å². The highest BCUT2D eigenvalue weighted by Gasteiger charge is 2.08. The maximum atomic E-state index is 11.7. The summed E-state index contributed by atoms with van der Waals surface area (Å²) >= 11 is 1.22. The summed E-state index contributed by atoms with van der Waals surface area (Å²) in [4.78, 5) is 22.8. The number of rotatable bonds is 6. The summed E-state index contributed by atoms with van der Waals surface area (Å²) in [5.41, 5.74) is 7.89. The Morgan fingerprint density at radius 3 is 2.79 bits per heavy atom. The van der Waals surface area contributed by atoms with Crippen LogP contribution in [-0.4, -0.2) is 30.0 Å². The van der Waals surface area contributed by atoms with E-state index >= 15 is 0 Å². The molecule has 5 nitrogen and oxygen atoms in total. The molecule has 1 aromatic carbocycles. The van der Waals surface area contributed by atoms with Gasteiger partial charge in [-0.1, -0.05) is 6.07 Å². The molecule has 0 saturated heterocycles. The number of amides is 1. The molecule has 0 saturated carbocycles. The number of anilines is 2. The standard InChI is InChI=1S/C13H18N2O3S/c1-3-18-13(17)8-19-7-12(16)15-11-6-10(14)5-4-9(11)2/h4-6H,3,7-8,14H2,1-2H3,(H,15,16). The molecule has 0 spiro atoms. The molecule has 0 aromatic heterocycles. The van der Waals surface area contributed by atoms with Crippen molar-refractivity contribution in [3.05, 3.63) is 23.8 Å². The summed E-state index contributed by atoms with van der Waals surface area (Å²) in [5.74, 6) is -0.0899. The van der Waals surface area contributed by atoms with Crippen molar-refractivity contribution in [2.45, 2.75) is 13.8 Å². The monoisotopic (exact) mass is 282 g/mol. The lowest BCUT2D eigenvalue weighted by molar-refractivity contribution is -0.139. The number of benzene rings is 1. The van der Waals surface area contributed by atoms with Gasteiger partial charge in [0.25, 0.3) is 0 Å². The van der Waals surface area contributed by atoms with Crippen LogP contribution < -0.4 is 11.1 Å². The minimum atomic E-state index is -0.305. The highest BCUT2D eigenvalue weighted by molar-refractivity contribution is 8.00. The van der Waals surface area contributed by atoms with Gasteiger partial charge >= 0.3 is 5.97 Å². The van der Waals surface area contributed by atoms with E-state index in [0.29, 0.717) is 18.0 Å². The second kappa shape index (κ2) is 7.68. The van der Waals surface area contributed by atoms with Crippen LogP contribution >= 0.6 is 11.8 Å². The summed E-state index contributed by atoms with van der Waals surface area (Å²) in [5, 5.41) is 2.76. The molecular weight excluding hydrogens is 264 g/mol. The van der Waals surface area contributed by atoms with Gasteiger partial charge in [0, 0.05) is 11.4 Å². The lowest BCUT2D eigenvalue weighted by atomic mass is 10.2. The third-order valence-corrected chi connectivity index (χ3v) is 3.20. The van der Waals surface area contributed by atoms with Crippen molar-refractivity contribution in [1.82, 2.24) is 0 Å². The lowest BCUT2D eigenvalue weighted by Crippen LogP contribution is -2.17. The molecule has 0 unspecified atom stereocenters. The van der Waals surface area contributed by atoms with Crippen LogP contribution in [0.3, 0.4) is 0 Å². The van der Waals surface area contributed by atoms with Crippen LogP contribution in [0.5, 0.6) is 0 Å². The summed E-state index contributed by atoms with van der Waals surface area (Å²) in [6, 6.07) is 5.33. The van der Waals surface area contributed by atoms with Gasteiger partial charge in [-0.25, -0.2) is 0 Å². The Morgan fingerprint density at radius 2 is 2.11 bits per heavy atom. The summed E-state index contributed by atoms with van der Waals surface area (Å²) in [6.07, 6.45) is 0. The van der Waals surface area contributed by atoms with E-state index in [2.05, 4.69) is 5.32 Å². The van der Waals surface area contributed by atoms with Crippen LogP contribution in [0.25, 0.3) is 0 Å². The Kier molecular flexibility index (Phi) is 6.21. The van der Waals surface area contributed by atoms with Gasteiger partial charge in [-0.3, -0.25) is 9.59 Å². The van der Waals surface area contributed by atoms with E-state index in [9.17, 15) is 9.59 Å². The first-order valence-corrected chi connectivity index (χ1v) is 7.07. The van der Waals surface area contributed by atoms with Gasteiger partial charge in [0.15, 0.2) is 0 Å². The minimum absolute atomic E-state index is 0.164. The molecule has 0 aliphatic carbocycles. The van der Waals surface area contributed by atoms with Gasteiger partial charge in [0.05, 0.1) is 18.1 Å². The van der Waals surface area contributed by atoms with Crippen LogP contribution in [0.1, 0.15) is 12.5 Å². The second-order valence-electron chi connectivity index (χ2n) is 3.92. The zero-order valence-electron chi connectivity index (χ0n) is 11.1. The fraction of sp³-hybridized carbons (Fsp3) is 0.385. The first-order chi connectivity index (χ1) is 9.02. The average Bonchev–Trinajstić information content (AvgIpc) is 2.34. The molecule has 19 heavy (non-hydrogen) atoms. The number of hydrogen-bond donors (Lipinski definition) is 2. The largest absolute Gasteiger partial charge is 0.465 e. The van der Waals surface area contributed by atoms with Crippen LogP contribution in [0.15, 0.2) is 18.2 Å². The van der Waals surface area contributed by atoms with Crippen molar-refractivity contribution in [2.75, 3.05) is 29.2 Å². The number of carbonyl (C=O) groups is 2. The van der Waals surface area contributed by atoms with Crippen LogP contribution in [0.4, 0.5) is 11.4 Å². The highest BCUT2D eigenvalue weighted by Crippen LogP contribution is 2.18.